The Kier molecular flexibility index (Phi) is 1.35. The maximum absolute atomic E-state index is 5.38. The lowest BCUT2D eigenvalue weighted by Crippen LogP contribution is -1.64. The molecule has 38 valence electrons. The molecule has 0 N–H and O–H groups in total. The quantitative estimate of drug-likeness (QED) is 0.595. The molecule has 0 aliphatic rings. The molecule has 0 aliphatic carbocycles. The second-order valence-corrected chi connectivity index (χ2v) is 2.24. The third-order valence-electron chi connectivity index (χ3n) is 0.521. The van der Waals surface area contributed by atoms with E-state index in [2.05, 4.69) is 20.9 Å². The van der Waals surface area contributed by atoms with Gasteiger partial charge in [-0.25, -0.2) is 9.07 Å². The summed E-state index contributed by atoms with van der Waals surface area (Å²) in [6, 6.07) is 0. The minimum Gasteiger partial charge on any atom is -0.247 e. The van der Waals surface area contributed by atoms with Gasteiger partial charge in [0.2, 0.25) is 0 Å². The number of rotatable bonds is 0. The Bertz CT molecular complexity index is 145. The Morgan fingerprint density at radius 1 is 1.86 bits per heavy atom. The molecule has 0 atom stereocenters. The Labute approximate surface area is 54.4 Å². The fourth-order valence-electron chi connectivity index (χ4n) is 0.279. The van der Waals surface area contributed by atoms with Gasteiger partial charge in [-0.2, -0.15) is 0 Å². The van der Waals surface area contributed by atoms with E-state index in [1.807, 2.05) is 0 Å². The van der Waals surface area contributed by atoms with E-state index in [4.69, 9.17) is 11.8 Å². The summed E-state index contributed by atoms with van der Waals surface area (Å²) in [6.07, 6.45) is 3.16. The van der Waals surface area contributed by atoms with E-state index in [-0.39, 0.29) is 0 Å². The molecule has 0 bridgehead atoms. The van der Waals surface area contributed by atoms with Crippen LogP contribution in [0.1, 0.15) is 0 Å². The van der Waals surface area contributed by atoms with Crippen LogP contribution in [0.5, 0.6) is 0 Å². The summed E-state index contributed by atoms with van der Waals surface area (Å²) in [6.45, 7) is 0. The van der Waals surface area contributed by atoms with Gasteiger partial charge in [-0.15, -0.1) is 0 Å². The number of hydrogen-bond acceptors (Lipinski definition) is 1. The molecule has 2 nitrogen and oxygen atoms in total. The largest absolute Gasteiger partial charge is 0.247 e. The first-order valence-electron chi connectivity index (χ1n) is 1.64. The molecule has 0 spiro atoms. The molecule has 0 aliphatic heterocycles. The molecule has 0 saturated heterocycles. The molecular formula is C3H2BrClN2. The van der Waals surface area contributed by atoms with Gasteiger partial charge >= 0.3 is 0 Å². The number of imidazole rings is 1. The van der Waals surface area contributed by atoms with Gasteiger partial charge in [0.1, 0.15) is 10.9 Å². The van der Waals surface area contributed by atoms with Gasteiger partial charge in [0.25, 0.3) is 0 Å². The first-order valence-corrected chi connectivity index (χ1v) is 2.78. The van der Waals surface area contributed by atoms with E-state index in [0.717, 1.165) is 4.60 Å². The summed E-state index contributed by atoms with van der Waals surface area (Å²) in [4.78, 5) is 3.76. The first kappa shape index (κ1) is 5.12. The van der Waals surface area contributed by atoms with Crippen molar-refractivity contribution in [2.24, 2.45) is 0 Å². The average Bonchev–Trinajstić information content (AvgIpc) is 1.87. The molecule has 7 heavy (non-hydrogen) atoms. The SMILES string of the molecule is Cln1cnc(Br)c1. The fourth-order valence-corrected chi connectivity index (χ4v) is 0.845. The standard InChI is InChI=1S/C3H2BrClN2/c4-3-1-7(5)2-6-3/h1-2H. The van der Waals surface area contributed by atoms with Crippen LogP contribution >= 0.6 is 27.7 Å². The van der Waals surface area contributed by atoms with E-state index in [9.17, 15) is 0 Å². The van der Waals surface area contributed by atoms with Crippen LogP contribution in [0.4, 0.5) is 0 Å². The molecule has 0 fully saturated rings. The van der Waals surface area contributed by atoms with Crippen LogP contribution in [0, 0.1) is 0 Å². The van der Waals surface area contributed by atoms with Crippen LogP contribution in [0.25, 0.3) is 0 Å². The number of aromatic nitrogens is 2. The number of nitrogens with zero attached hydrogens (tertiary/aromatic N) is 2. The third kappa shape index (κ3) is 1.17. The topological polar surface area (TPSA) is 17.8 Å². The van der Waals surface area contributed by atoms with Crippen molar-refractivity contribution in [3.8, 4) is 0 Å². The summed E-state index contributed by atoms with van der Waals surface area (Å²) in [5, 5.41) is 0. The molecule has 4 heteroatoms. The summed E-state index contributed by atoms with van der Waals surface area (Å²) in [5.41, 5.74) is 0. The van der Waals surface area contributed by atoms with Crippen molar-refractivity contribution < 1.29 is 0 Å². The summed E-state index contributed by atoms with van der Waals surface area (Å²) in [5.74, 6) is 0. The molecule has 1 aromatic heterocycles. The van der Waals surface area contributed by atoms with Crippen molar-refractivity contribution >= 4 is 27.7 Å². The van der Waals surface area contributed by atoms with Crippen molar-refractivity contribution in [1.82, 2.24) is 9.07 Å². The lowest BCUT2D eigenvalue weighted by molar-refractivity contribution is 1.21. The molecular weight excluding hydrogens is 179 g/mol. The number of hydrogen-bond donors (Lipinski definition) is 0. The monoisotopic (exact) mass is 180 g/mol. The van der Waals surface area contributed by atoms with Crippen molar-refractivity contribution in [3.63, 3.8) is 0 Å². The van der Waals surface area contributed by atoms with Gasteiger partial charge in [-0.05, 0) is 15.9 Å². The van der Waals surface area contributed by atoms with Crippen molar-refractivity contribution in [2.75, 3.05) is 0 Å². The molecule has 0 radical (unpaired) electrons. The molecule has 1 aromatic rings. The van der Waals surface area contributed by atoms with E-state index < -0.39 is 0 Å². The molecule has 1 heterocycles. The Hall–Kier alpha value is -0.0200. The highest BCUT2D eigenvalue weighted by atomic mass is 79.9. The fraction of sp³-hybridized carbons (Fsp3) is 0. The minimum absolute atomic E-state index is 0.752. The molecule has 0 aromatic carbocycles. The Morgan fingerprint density at radius 3 is 2.71 bits per heavy atom. The van der Waals surface area contributed by atoms with Gasteiger partial charge in [0.05, 0.1) is 6.20 Å². The molecule has 1 rings (SSSR count). The van der Waals surface area contributed by atoms with E-state index in [1.165, 1.54) is 10.4 Å². The minimum atomic E-state index is 0.752. The van der Waals surface area contributed by atoms with Gasteiger partial charge in [-0.3, -0.25) is 0 Å². The maximum Gasteiger partial charge on any atom is 0.125 e. The predicted molar refractivity (Wildman–Crippen MR) is 31.2 cm³/mol. The average molecular weight is 181 g/mol. The highest BCUT2D eigenvalue weighted by Crippen LogP contribution is 2.03. The zero-order valence-corrected chi connectivity index (χ0v) is 5.65. The van der Waals surface area contributed by atoms with Gasteiger partial charge in [0.15, 0.2) is 0 Å². The van der Waals surface area contributed by atoms with E-state index in [0.29, 0.717) is 0 Å². The zero-order chi connectivity index (χ0) is 5.28. The van der Waals surface area contributed by atoms with Gasteiger partial charge in [0, 0.05) is 11.8 Å². The van der Waals surface area contributed by atoms with Crippen LogP contribution in [-0.4, -0.2) is 9.07 Å². The van der Waals surface area contributed by atoms with Crippen molar-refractivity contribution in [3.05, 3.63) is 17.1 Å². The van der Waals surface area contributed by atoms with Gasteiger partial charge in [-0.1, -0.05) is 0 Å². The predicted octanol–water partition coefficient (Wildman–Crippen LogP) is 1.65. The molecule has 0 saturated carbocycles. The van der Waals surface area contributed by atoms with Crippen LogP contribution in [0.15, 0.2) is 17.1 Å². The third-order valence-corrected chi connectivity index (χ3v) is 1.12. The van der Waals surface area contributed by atoms with Crippen molar-refractivity contribution in [2.45, 2.75) is 0 Å². The van der Waals surface area contributed by atoms with E-state index >= 15 is 0 Å². The summed E-state index contributed by atoms with van der Waals surface area (Å²) >= 11 is 8.50. The normalized spacial score (nSPS) is 9.43. The van der Waals surface area contributed by atoms with Crippen LogP contribution in [0.2, 0.25) is 0 Å². The lowest BCUT2D eigenvalue weighted by atomic mass is 11.0. The van der Waals surface area contributed by atoms with Gasteiger partial charge < -0.3 is 0 Å². The van der Waals surface area contributed by atoms with Crippen LogP contribution in [-0.2, 0) is 0 Å². The second kappa shape index (κ2) is 1.84. The van der Waals surface area contributed by atoms with Crippen LogP contribution < -0.4 is 0 Å². The highest BCUT2D eigenvalue weighted by molar-refractivity contribution is 9.10. The Morgan fingerprint density at radius 2 is 2.57 bits per heavy atom. The van der Waals surface area contributed by atoms with E-state index in [1.54, 1.807) is 6.20 Å². The molecule has 0 amide bonds. The smallest absolute Gasteiger partial charge is 0.125 e. The summed E-state index contributed by atoms with van der Waals surface area (Å²) in [7, 11) is 0. The van der Waals surface area contributed by atoms with Crippen molar-refractivity contribution in [1.29, 1.82) is 0 Å². The summed E-state index contributed by atoms with van der Waals surface area (Å²) < 4.78 is 2.10. The zero-order valence-electron chi connectivity index (χ0n) is 3.31. The van der Waals surface area contributed by atoms with Crippen LogP contribution in [0.3, 0.4) is 0 Å². The molecule has 0 unspecified atom stereocenters. The number of halogens is 2. The lowest BCUT2D eigenvalue weighted by Gasteiger charge is -1.72. The second-order valence-electron chi connectivity index (χ2n) is 1.04. The maximum atomic E-state index is 5.38. The highest BCUT2D eigenvalue weighted by Gasteiger charge is 1.86. The first-order chi connectivity index (χ1) is 3.29. The Balaban J connectivity index is 3.04.